The highest BCUT2D eigenvalue weighted by Crippen LogP contribution is 2.29. The maximum Gasteiger partial charge on any atom is 0.416 e. The molecule has 4 atom stereocenters. The molecule has 0 spiro atoms. The van der Waals surface area contributed by atoms with Crippen molar-refractivity contribution < 1.29 is 22.7 Å². The number of nitrogens with two attached hydrogens (primary N) is 1. The number of amides is 1. The number of nitrogens with one attached hydrogen (secondary N) is 2. The van der Waals surface area contributed by atoms with Gasteiger partial charge in [0.05, 0.1) is 19.3 Å². The van der Waals surface area contributed by atoms with Crippen LogP contribution in [0.2, 0.25) is 0 Å². The fourth-order valence-corrected chi connectivity index (χ4v) is 3.11. The molecule has 0 saturated carbocycles. The monoisotopic (exact) mass is 344 g/mol. The molecule has 2 saturated heterocycles. The van der Waals surface area contributed by atoms with Crippen molar-refractivity contribution in [2.75, 3.05) is 19.7 Å². The fourth-order valence-electron chi connectivity index (χ4n) is 3.11. The molecule has 2 fully saturated rings. The van der Waals surface area contributed by atoms with Crippen LogP contribution in [0, 0.1) is 0 Å². The van der Waals surface area contributed by atoms with E-state index in [0.29, 0.717) is 0 Å². The minimum atomic E-state index is -4.49. The van der Waals surface area contributed by atoms with Crippen LogP contribution in [0.25, 0.3) is 0 Å². The van der Waals surface area contributed by atoms with Crippen molar-refractivity contribution in [1.29, 1.82) is 0 Å². The first-order chi connectivity index (χ1) is 11.4. The molecule has 6 nitrogen and oxygen atoms in total. The van der Waals surface area contributed by atoms with Crippen LogP contribution in [0.5, 0.6) is 0 Å². The van der Waals surface area contributed by atoms with Gasteiger partial charge >= 0.3 is 6.18 Å². The third-order valence-electron chi connectivity index (χ3n) is 4.35. The Kier molecular flexibility index (Phi) is 4.77. The molecule has 0 aromatic heterocycles. The number of benzene rings is 1. The molecule has 2 aliphatic rings. The number of hydrogen-bond acceptors (Lipinski definition) is 5. The van der Waals surface area contributed by atoms with Crippen LogP contribution in [-0.4, -0.2) is 55.0 Å². The van der Waals surface area contributed by atoms with Gasteiger partial charge in [-0.2, -0.15) is 13.2 Å². The third kappa shape index (κ3) is 3.39. The van der Waals surface area contributed by atoms with Crippen molar-refractivity contribution in [3.05, 3.63) is 35.9 Å². The zero-order chi connectivity index (χ0) is 17.3. The number of carbonyl (C=O) groups is 1. The second kappa shape index (κ2) is 6.67. The average Bonchev–Trinajstić information content (AvgIpc) is 2.96. The van der Waals surface area contributed by atoms with Gasteiger partial charge in [0.1, 0.15) is 6.04 Å². The first-order valence-corrected chi connectivity index (χ1v) is 7.66. The molecule has 1 aromatic carbocycles. The lowest BCUT2D eigenvalue weighted by molar-refractivity contribution is -0.236. The Morgan fingerprint density at radius 1 is 1.25 bits per heavy atom. The SMILES string of the molecule is NC1NNC(C(=O)N2CCOC(C(F)(F)F)C2)C1c1ccccc1. The van der Waals surface area contributed by atoms with Crippen LogP contribution in [0.4, 0.5) is 13.2 Å². The zero-order valence-electron chi connectivity index (χ0n) is 12.8. The minimum Gasteiger partial charge on any atom is -0.365 e. The second-order valence-electron chi connectivity index (χ2n) is 5.91. The summed E-state index contributed by atoms with van der Waals surface area (Å²) in [5.74, 6) is -0.785. The predicted molar refractivity (Wildman–Crippen MR) is 79.6 cm³/mol. The highest BCUT2D eigenvalue weighted by molar-refractivity contribution is 5.83. The van der Waals surface area contributed by atoms with Crippen LogP contribution in [0.1, 0.15) is 11.5 Å². The normalized spacial score (nSPS) is 31.2. The van der Waals surface area contributed by atoms with Gasteiger partial charge in [0.15, 0.2) is 6.10 Å². The summed E-state index contributed by atoms with van der Waals surface area (Å²) in [6.45, 7) is -0.518. The Bertz CT molecular complexity index is 584. The highest BCUT2D eigenvalue weighted by Gasteiger charge is 2.47. The molecule has 132 valence electrons. The molecule has 1 aromatic rings. The molecular weight excluding hydrogens is 325 g/mol. The van der Waals surface area contributed by atoms with Gasteiger partial charge in [0, 0.05) is 12.5 Å². The second-order valence-corrected chi connectivity index (χ2v) is 5.91. The van der Waals surface area contributed by atoms with Crippen molar-refractivity contribution in [2.45, 2.75) is 30.4 Å². The van der Waals surface area contributed by atoms with Gasteiger partial charge in [-0.15, -0.1) is 0 Å². The number of nitrogens with zero attached hydrogens (tertiary/aromatic N) is 1. The number of halogens is 3. The van der Waals surface area contributed by atoms with E-state index in [1.807, 2.05) is 30.3 Å². The summed E-state index contributed by atoms with van der Waals surface area (Å²) in [4.78, 5) is 13.9. The van der Waals surface area contributed by atoms with Gasteiger partial charge in [0.25, 0.3) is 0 Å². The molecule has 0 bridgehead atoms. The number of rotatable bonds is 2. The van der Waals surface area contributed by atoms with Crippen molar-refractivity contribution in [3.63, 3.8) is 0 Å². The Balaban J connectivity index is 1.76. The lowest BCUT2D eigenvalue weighted by Crippen LogP contribution is -2.56. The van der Waals surface area contributed by atoms with Crippen molar-refractivity contribution in [2.24, 2.45) is 5.73 Å². The van der Waals surface area contributed by atoms with Crippen LogP contribution < -0.4 is 16.6 Å². The van der Waals surface area contributed by atoms with E-state index in [9.17, 15) is 18.0 Å². The van der Waals surface area contributed by atoms with Gasteiger partial charge in [-0.25, -0.2) is 10.9 Å². The molecule has 9 heteroatoms. The number of hydrazine groups is 1. The quantitative estimate of drug-likeness (QED) is 0.720. The zero-order valence-corrected chi connectivity index (χ0v) is 12.8. The van der Waals surface area contributed by atoms with Crippen LogP contribution in [0.15, 0.2) is 30.3 Å². The fraction of sp³-hybridized carbons (Fsp3) is 0.533. The number of carbonyl (C=O) groups excluding carboxylic acids is 1. The number of alkyl halides is 3. The Morgan fingerprint density at radius 2 is 1.96 bits per heavy atom. The summed E-state index contributed by atoms with van der Waals surface area (Å²) in [5.41, 5.74) is 12.5. The maximum absolute atomic E-state index is 12.8. The van der Waals surface area contributed by atoms with Crippen molar-refractivity contribution in [1.82, 2.24) is 15.8 Å². The topological polar surface area (TPSA) is 79.6 Å². The molecular formula is C15H19F3N4O2. The van der Waals surface area contributed by atoms with Crippen LogP contribution in [0.3, 0.4) is 0 Å². The Labute approximate surface area is 137 Å². The largest absolute Gasteiger partial charge is 0.416 e. The van der Waals surface area contributed by atoms with Gasteiger partial charge in [-0.05, 0) is 5.56 Å². The van der Waals surface area contributed by atoms with Gasteiger partial charge in [0.2, 0.25) is 5.91 Å². The Morgan fingerprint density at radius 3 is 2.62 bits per heavy atom. The molecule has 3 rings (SSSR count). The first-order valence-electron chi connectivity index (χ1n) is 7.66. The van der Waals surface area contributed by atoms with Crippen LogP contribution in [-0.2, 0) is 9.53 Å². The van der Waals surface area contributed by atoms with Gasteiger partial charge < -0.3 is 15.4 Å². The van der Waals surface area contributed by atoms with Crippen molar-refractivity contribution in [3.8, 4) is 0 Å². The first kappa shape index (κ1) is 17.2. The molecule has 24 heavy (non-hydrogen) atoms. The summed E-state index contributed by atoms with van der Waals surface area (Å²) in [7, 11) is 0. The highest BCUT2D eigenvalue weighted by atomic mass is 19.4. The van der Waals surface area contributed by atoms with Crippen molar-refractivity contribution >= 4 is 5.91 Å². The maximum atomic E-state index is 12.8. The molecule has 1 amide bonds. The van der Waals surface area contributed by atoms with Gasteiger partial charge in [-0.1, -0.05) is 30.3 Å². The van der Waals surface area contributed by atoms with E-state index < -0.39 is 36.9 Å². The van der Waals surface area contributed by atoms with Gasteiger partial charge in [-0.3, -0.25) is 4.79 Å². The standard InChI is InChI=1S/C15H19F3N4O2/c16-15(17,18)10-8-22(6-7-24-10)14(23)12-11(13(19)21-20-12)9-4-2-1-3-5-9/h1-5,10-13,20-21H,6-8,19H2. The van der Waals surface area contributed by atoms with E-state index in [4.69, 9.17) is 10.5 Å². The predicted octanol–water partition coefficient (Wildman–Crippen LogP) is 0.321. The van der Waals surface area contributed by atoms with E-state index in [1.54, 1.807) is 0 Å². The number of ether oxygens (including phenoxy) is 1. The summed E-state index contributed by atoms with van der Waals surface area (Å²) >= 11 is 0. The molecule has 2 aliphatic heterocycles. The number of morpholine rings is 1. The van der Waals surface area contributed by atoms with Crippen LogP contribution >= 0.6 is 0 Å². The molecule has 0 radical (unpaired) electrons. The lowest BCUT2D eigenvalue weighted by Gasteiger charge is -2.36. The summed E-state index contributed by atoms with van der Waals surface area (Å²) in [6.07, 6.45) is -6.95. The molecule has 2 heterocycles. The third-order valence-corrected chi connectivity index (χ3v) is 4.35. The van der Waals surface area contributed by atoms with E-state index in [0.717, 1.165) is 5.56 Å². The molecule has 0 aliphatic carbocycles. The minimum absolute atomic E-state index is 0.125. The van der Waals surface area contributed by atoms with E-state index in [2.05, 4.69) is 10.9 Å². The Hall–Kier alpha value is -1.68. The lowest BCUT2D eigenvalue weighted by atomic mass is 9.90. The molecule has 4 unspecified atom stereocenters. The van der Waals surface area contributed by atoms with E-state index >= 15 is 0 Å². The average molecular weight is 344 g/mol. The van der Waals surface area contributed by atoms with E-state index in [-0.39, 0.29) is 19.1 Å². The smallest absolute Gasteiger partial charge is 0.365 e. The number of hydrogen-bond donors (Lipinski definition) is 3. The summed E-state index contributed by atoms with van der Waals surface area (Å²) in [6, 6.07) is 8.47. The molecule has 4 N–H and O–H groups in total. The summed E-state index contributed by atoms with van der Waals surface area (Å²) < 4.78 is 43.3. The summed E-state index contributed by atoms with van der Waals surface area (Å²) in [5, 5.41) is 0. The van der Waals surface area contributed by atoms with E-state index in [1.165, 1.54) is 4.90 Å².